The fourth-order valence-corrected chi connectivity index (χ4v) is 1.14. The SMILES string of the molecule is CN(C)C[C@H]1CCOC1=O. The van der Waals surface area contributed by atoms with Crippen LogP contribution < -0.4 is 0 Å². The number of hydrogen-bond acceptors (Lipinski definition) is 3. The van der Waals surface area contributed by atoms with Gasteiger partial charge in [-0.1, -0.05) is 0 Å². The van der Waals surface area contributed by atoms with Gasteiger partial charge in [0.05, 0.1) is 12.5 Å². The molecule has 1 rings (SSSR count). The summed E-state index contributed by atoms with van der Waals surface area (Å²) in [5.74, 6) is 0.0868. The molecule has 0 aromatic rings. The lowest BCUT2D eigenvalue weighted by atomic mass is 10.1. The summed E-state index contributed by atoms with van der Waals surface area (Å²) in [4.78, 5) is 12.9. The second-order valence-corrected chi connectivity index (χ2v) is 2.92. The standard InChI is InChI=1S/C7H13NO2/c1-8(2)5-6-3-4-10-7(6)9/h6H,3-5H2,1-2H3/t6-/m1/s1. The molecule has 3 nitrogen and oxygen atoms in total. The normalized spacial score (nSPS) is 25.5. The van der Waals surface area contributed by atoms with Crippen LogP contribution in [-0.4, -0.2) is 38.1 Å². The van der Waals surface area contributed by atoms with Crippen molar-refractivity contribution in [3.05, 3.63) is 0 Å². The van der Waals surface area contributed by atoms with Crippen molar-refractivity contribution in [2.75, 3.05) is 27.2 Å². The molecule has 0 saturated carbocycles. The van der Waals surface area contributed by atoms with Crippen LogP contribution in [0.1, 0.15) is 6.42 Å². The molecule has 0 N–H and O–H groups in total. The summed E-state index contributed by atoms with van der Waals surface area (Å²) in [6, 6.07) is 0. The molecule has 58 valence electrons. The highest BCUT2D eigenvalue weighted by atomic mass is 16.5. The van der Waals surface area contributed by atoms with Gasteiger partial charge in [0.25, 0.3) is 0 Å². The van der Waals surface area contributed by atoms with E-state index in [1.54, 1.807) is 0 Å². The van der Waals surface area contributed by atoms with Crippen molar-refractivity contribution >= 4 is 5.97 Å². The van der Waals surface area contributed by atoms with Crippen molar-refractivity contribution < 1.29 is 9.53 Å². The molecule has 0 unspecified atom stereocenters. The van der Waals surface area contributed by atoms with Gasteiger partial charge in [-0.15, -0.1) is 0 Å². The molecule has 0 aromatic heterocycles. The minimum Gasteiger partial charge on any atom is -0.465 e. The van der Waals surface area contributed by atoms with Gasteiger partial charge in [-0.05, 0) is 20.5 Å². The van der Waals surface area contributed by atoms with Crippen LogP contribution in [0.4, 0.5) is 0 Å². The van der Waals surface area contributed by atoms with Gasteiger partial charge in [-0.2, -0.15) is 0 Å². The molecule has 0 spiro atoms. The molecule has 1 saturated heterocycles. The molecule has 0 amide bonds. The third-order valence-electron chi connectivity index (χ3n) is 1.63. The molecular weight excluding hydrogens is 130 g/mol. The summed E-state index contributed by atoms with van der Waals surface area (Å²) >= 11 is 0. The van der Waals surface area contributed by atoms with E-state index in [4.69, 9.17) is 4.74 Å². The monoisotopic (exact) mass is 143 g/mol. The molecule has 0 aliphatic carbocycles. The van der Waals surface area contributed by atoms with E-state index in [-0.39, 0.29) is 11.9 Å². The van der Waals surface area contributed by atoms with Gasteiger partial charge in [-0.3, -0.25) is 4.79 Å². The number of carbonyl (C=O) groups excluding carboxylic acids is 1. The number of esters is 1. The van der Waals surface area contributed by atoms with Crippen molar-refractivity contribution in [2.24, 2.45) is 5.92 Å². The maximum Gasteiger partial charge on any atom is 0.310 e. The third-order valence-corrected chi connectivity index (χ3v) is 1.63. The van der Waals surface area contributed by atoms with E-state index in [2.05, 4.69) is 0 Å². The lowest BCUT2D eigenvalue weighted by Gasteiger charge is -2.11. The van der Waals surface area contributed by atoms with Gasteiger partial charge in [0.2, 0.25) is 0 Å². The van der Waals surface area contributed by atoms with Crippen LogP contribution in [0.25, 0.3) is 0 Å². The molecule has 0 bridgehead atoms. The number of ether oxygens (including phenoxy) is 1. The minimum atomic E-state index is -0.0336. The number of cyclic esters (lactones) is 1. The first-order chi connectivity index (χ1) is 4.70. The van der Waals surface area contributed by atoms with Crippen molar-refractivity contribution in [1.82, 2.24) is 4.90 Å². The Morgan fingerprint density at radius 3 is 2.80 bits per heavy atom. The maximum atomic E-state index is 10.9. The fourth-order valence-electron chi connectivity index (χ4n) is 1.14. The zero-order chi connectivity index (χ0) is 7.56. The van der Waals surface area contributed by atoms with Crippen LogP contribution >= 0.6 is 0 Å². The van der Waals surface area contributed by atoms with E-state index in [1.807, 2.05) is 19.0 Å². The quantitative estimate of drug-likeness (QED) is 0.514. The predicted molar refractivity (Wildman–Crippen MR) is 37.6 cm³/mol. The minimum absolute atomic E-state index is 0.0336. The first-order valence-electron chi connectivity index (χ1n) is 3.51. The van der Waals surface area contributed by atoms with Crippen LogP contribution in [0.3, 0.4) is 0 Å². The van der Waals surface area contributed by atoms with Gasteiger partial charge in [0.15, 0.2) is 0 Å². The average Bonchev–Trinajstić information content (AvgIpc) is 2.15. The van der Waals surface area contributed by atoms with E-state index in [0.717, 1.165) is 13.0 Å². The Morgan fingerprint density at radius 1 is 1.70 bits per heavy atom. The third kappa shape index (κ3) is 1.70. The summed E-state index contributed by atoms with van der Waals surface area (Å²) in [5, 5.41) is 0. The molecular formula is C7H13NO2. The zero-order valence-corrected chi connectivity index (χ0v) is 6.46. The highest BCUT2D eigenvalue weighted by molar-refractivity contribution is 5.74. The molecule has 0 aromatic carbocycles. The second-order valence-electron chi connectivity index (χ2n) is 2.92. The van der Waals surface area contributed by atoms with E-state index in [9.17, 15) is 4.79 Å². The molecule has 3 heteroatoms. The lowest BCUT2D eigenvalue weighted by Crippen LogP contribution is -2.24. The van der Waals surface area contributed by atoms with Crippen molar-refractivity contribution in [1.29, 1.82) is 0 Å². The first kappa shape index (κ1) is 7.54. The van der Waals surface area contributed by atoms with Gasteiger partial charge >= 0.3 is 5.97 Å². The Hall–Kier alpha value is -0.570. The number of rotatable bonds is 2. The first-order valence-corrected chi connectivity index (χ1v) is 3.51. The smallest absolute Gasteiger partial charge is 0.310 e. The highest BCUT2D eigenvalue weighted by Crippen LogP contribution is 2.14. The molecule has 1 heterocycles. The summed E-state index contributed by atoms with van der Waals surface area (Å²) in [5.41, 5.74) is 0. The summed E-state index contributed by atoms with van der Waals surface area (Å²) in [7, 11) is 3.93. The lowest BCUT2D eigenvalue weighted by molar-refractivity contribution is -0.141. The van der Waals surface area contributed by atoms with Gasteiger partial charge in [0, 0.05) is 6.54 Å². The van der Waals surface area contributed by atoms with Crippen LogP contribution in [0.5, 0.6) is 0 Å². The van der Waals surface area contributed by atoms with E-state index >= 15 is 0 Å². The Labute approximate surface area is 61.0 Å². The van der Waals surface area contributed by atoms with E-state index < -0.39 is 0 Å². The number of nitrogens with zero attached hydrogens (tertiary/aromatic N) is 1. The second kappa shape index (κ2) is 3.01. The Morgan fingerprint density at radius 2 is 2.40 bits per heavy atom. The fraction of sp³-hybridized carbons (Fsp3) is 0.857. The van der Waals surface area contributed by atoms with Crippen molar-refractivity contribution in [3.63, 3.8) is 0 Å². The predicted octanol–water partition coefficient (Wildman–Crippen LogP) is 0.111. The Kier molecular flexibility index (Phi) is 2.27. The van der Waals surface area contributed by atoms with Crippen LogP contribution in [0.2, 0.25) is 0 Å². The van der Waals surface area contributed by atoms with Gasteiger partial charge in [-0.25, -0.2) is 0 Å². The average molecular weight is 143 g/mol. The molecule has 1 atom stereocenters. The van der Waals surface area contributed by atoms with Crippen LogP contribution in [-0.2, 0) is 9.53 Å². The van der Waals surface area contributed by atoms with Gasteiger partial charge in [0.1, 0.15) is 0 Å². The molecule has 1 fully saturated rings. The number of hydrogen-bond donors (Lipinski definition) is 0. The summed E-state index contributed by atoms with van der Waals surface area (Å²) < 4.78 is 4.80. The topological polar surface area (TPSA) is 29.5 Å². The van der Waals surface area contributed by atoms with Gasteiger partial charge < -0.3 is 9.64 Å². The van der Waals surface area contributed by atoms with Crippen LogP contribution in [0.15, 0.2) is 0 Å². The largest absolute Gasteiger partial charge is 0.465 e. The summed E-state index contributed by atoms with van der Waals surface area (Å²) in [6.45, 7) is 1.43. The highest BCUT2D eigenvalue weighted by Gasteiger charge is 2.26. The molecule has 1 aliphatic heterocycles. The maximum absolute atomic E-state index is 10.9. The van der Waals surface area contributed by atoms with Crippen LogP contribution in [0, 0.1) is 5.92 Å². The number of carbonyl (C=O) groups is 1. The van der Waals surface area contributed by atoms with Crippen molar-refractivity contribution in [2.45, 2.75) is 6.42 Å². The molecule has 1 aliphatic rings. The Bertz CT molecular complexity index is 134. The molecule has 10 heavy (non-hydrogen) atoms. The Balaban J connectivity index is 2.33. The zero-order valence-electron chi connectivity index (χ0n) is 6.46. The van der Waals surface area contributed by atoms with E-state index in [1.165, 1.54) is 0 Å². The van der Waals surface area contributed by atoms with E-state index in [0.29, 0.717) is 6.61 Å². The molecule has 0 radical (unpaired) electrons. The summed E-state index contributed by atoms with van der Waals surface area (Å²) in [6.07, 6.45) is 0.886. The van der Waals surface area contributed by atoms with Crippen molar-refractivity contribution in [3.8, 4) is 0 Å².